The molecule has 0 aliphatic heterocycles. The number of rotatable bonds is 5. The van der Waals surface area contributed by atoms with E-state index in [4.69, 9.17) is 23.2 Å². The van der Waals surface area contributed by atoms with Crippen LogP contribution in [0.3, 0.4) is 0 Å². The first kappa shape index (κ1) is 14.3. The summed E-state index contributed by atoms with van der Waals surface area (Å²) in [5.41, 5.74) is -0.104. The Labute approximate surface area is 110 Å². The third-order valence-electron chi connectivity index (χ3n) is 2.40. The Morgan fingerprint density at radius 2 is 2.24 bits per heavy atom. The maximum Gasteiger partial charge on any atom is 0.255 e. The molecule has 2 nitrogen and oxygen atoms in total. The molecule has 0 bridgehead atoms. The van der Waals surface area contributed by atoms with Gasteiger partial charge in [-0.2, -0.15) is 0 Å². The van der Waals surface area contributed by atoms with Gasteiger partial charge in [0.15, 0.2) is 0 Å². The minimum Gasteiger partial charge on any atom is -0.352 e. The Morgan fingerprint density at radius 1 is 1.53 bits per heavy atom. The smallest absolute Gasteiger partial charge is 0.255 e. The number of alkyl halides is 1. The first-order valence-corrected chi connectivity index (χ1v) is 6.25. The van der Waals surface area contributed by atoms with Crippen LogP contribution in [0, 0.1) is 11.7 Å². The van der Waals surface area contributed by atoms with Gasteiger partial charge in [-0.1, -0.05) is 24.6 Å². The second kappa shape index (κ2) is 6.82. The summed E-state index contributed by atoms with van der Waals surface area (Å²) in [4.78, 5) is 11.7. The van der Waals surface area contributed by atoms with E-state index in [1.165, 1.54) is 18.2 Å². The molecule has 1 unspecified atom stereocenters. The Kier molecular flexibility index (Phi) is 5.72. The van der Waals surface area contributed by atoms with Crippen molar-refractivity contribution >= 4 is 29.1 Å². The van der Waals surface area contributed by atoms with Gasteiger partial charge in [-0.25, -0.2) is 4.39 Å². The Balaban J connectivity index is 2.64. The van der Waals surface area contributed by atoms with Crippen LogP contribution in [0.4, 0.5) is 4.39 Å². The van der Waals surface area contributed by atoms with Crippen LogP contribution in [-0.4, -0.2) is 18.3 Å². The molecule has 0 aromatic heterocycles. The van der Waals surface area contributed by atoms with Crippen molar-refractivity contribution < 1.29 is 9.18 Å². The largest absolute Gasteiger partial charge is 0.352 e. The number of carbonyl (C=O) groups excluding carboxylic acids is 1. The first-order valence-electron chi connectivity index (χ1n) is 5.34. The van der Waals surface area contributed by atoms with Gasteiger partial charge in [0.1, 0.15) is 5.82 Å². The standard InChI is InChI=1S/C12H14Cl2FNO/c1-8(5-6-13)7-16-12(17)11-9(14)3-2-4-10(11)15/h2-4,8H,5-7H2,1H3,(H,16,17). The van der Waals surface area contributed by atoms with E-state index in [0.29, 0.717) is 12.4 Å². The lowest BCUT2D eigenvalue weighted by Crippen LogP contribution is -2.29. The van der Waals surface area contributed by atoms with E-state index < -0.39 is 11.7 Å². The van der Waals surface area contributed by atoms with Crippen LogP contribution < -0.4 is 5.32 Å². The zero-order valence-electron chi connectivity index (χ0n) is 9.47. The molecule has 17 heavy (non-hydrogen) atoms. The third-order valence-corrected chi connectivity index (χ3v) is 2.94. The highest BCUT2D eigenvalue weighted by molar-refractivity contribution is 6.33. The molecule has 0 fully saturated rings. The molecule has 0 heterocycles. The van der Waals surface area contributed by atoms with Gasteiger partial charge in [-0.15, -0.1) is 11.6 Å². The van der Waals surface area contributed by atoms with Crippen LogP contribution in [0.1, 0.15) is 23.7 Å². The SMILES string of the molecule is CC(CCCl)CNC(=O)c1c(F)cccc1Cl. The molecule has 1 N–H and O–H groups in total. The Morgan fingerprint density at radius 3 is 2.82 bits per heavy atom. The highest BCUT2D eigenvalue weighted by Crippen LogP contribution is 2.18. The fourth-order valence-corrected chi connectivity index (χ4v) is 1.98. The lowest BCUT2D eigenvalue weighted by atomic mass is 10.1. The van der Waals surface area contributed by atoms with E-state index in [0.717, 1.165) is 6.42 Å². The van der Waals surface area contributed by atoms with Crippen LogP contribution in [0.15, 0.2) is 18.2 Å². The second-order valence-corrected chi connectivity index (χ2v) is 4.67. The van der Waals surface area contributed by atoms with Gasteiger partial charge in [-0.3, -0.25) is 4.79 Å². The van der Waals surface area contributed by atoms with Crippen molar-refractivity contribution in [2.75, 3.05) is 12.4 Å². The predicted molar refractivity (Wildman–Crippen MR) is 68.2 cm³/mol. The van der Waals surface area contributed by atoms with Crippen molar-refractivity contribution in [2.45, 2.75) is 13.3 Å². The number of hydrogen-bond acceptors (Lipinski definition) is 1. The Hall–Kier alpha value is -0.800. The number of carbonyl (C=O) groups is 1. The number of halogens is 3. The molecule has 1 atom stereocenters. The van der Waals surface area contributed by atoms with Gasteiger partial charge < -0.3 is 5.32 Å². The summed E-state index contributed by atoms with van der Waals surface area (Å²) in [5, 5.41) is 2.76. The zero-order chi connectivity index (χ0) is 12.8. The van der Waals surface area contributed by atoms with E-state index in [1.54, 1.807) is 0 Å². The van der Waals surface area contributed by atoms with E-state index in [2.05, 4.69) is 5.32 Å². The maximum absolute atomic E-state index is 13.4. The average Bonchev–Trinajstić information content (AvgIpc) is 2.26. The van der Waals surface area contributed by atoms with Gasteiger partial charge in [-0.05, 0) is 24.5 Å². The van der Waals surface area contributed by atoms with Crippen molar-refractivity contribution in [3.63, 3.8) is 0 Å². The summed E-state index contributed by atoms with van der Waals surface area (Å²) in [6.07, 6.45) is 0.798. The van der Waals surface area contributed by atoms with Crippen LogP contribution in [0.25, 0.3) is 0 Å². The monoisotopic (exact) mass is 277 g/mol. The summed E-state index contributed by atoms with van der Waals surface area (Å²) < 4.78 is 13.4. The predicted octanol–water partition coefficient (Wildman–Crippen LogP) is 3.47. The molecule has 1 aromatic rings. The minimum absolute atomic E-state index is 0.104. The molecule has 5 heteroatoms. The molecule has 1 amide bonds. The number of amides is 1. The first-order chi connectivity index (χ1) is 8.06. The van der Waals surface area contributed by atoms with Crippen molar-refractivity contribution in [2.24, 2.45) is 5.92 Å². The molecule has 1 aromatic carbocycles. The lowest BCUT2D eigenvalue weighted by Gasteiger charge is -2.12. The normalized spacial score (nSPS) is 12.2. The number of benzene rings is 1. The minimum atomic E-state index is -0.611. The van der Waals surface area contributed by atoms with Crippen LogP contribution in [0.2, 0.25) is 5.02 Å². The van der Waals surface area contributed by atoms with Crippen LogP contribution >= 0.6 is 23.2 Å². The molecule has 0 saturated carbocycles. The van der Waals surface area contributed by atoms with Crippen LogP contribution in [0.5, 0.6) is 0 Å². The second-order valence-electron chi connectivity index (χ2n) is 3.89. The lowest BCUT2D eigenvalue weighted by molar-refractivity contribution is 0.0944. The molecule has 0 spiro atoms. The zero-order valence-corrected chi connectivity index (χ0v) is 11.0. The molecule has 1 rings (SSSR count). The number of nitrogens with one attached hydrogen (secondary N) is 1. The van der Waals surface area contributed by atoms with E-state index >= 15 is 0 Å². The van der Waals surface area contributed by atoms with Crippen molar-refractivity contribution in [3.05, 3.63) is 34.6 Å². The Bertz CT molecular complexity index is 378. The fourth-order valence-electron chi connectivity index (χ4n) is 1.36. The molecule has 0 aliphatic rings. The highest BCUT2D eigenvalue weighted by Gasteiger charge is 2.15. The van der Waals surface area contributed by atoms with Crippen molar-refractivity contribution in [1.82, 2.24) is 5.32 Å². The van der Waals surface area contributed by atoms with E-state index in [9.17, 15) is 9.18 Å². The average molecular weight is 278 g/mol. The third kappa shape index (κ3) is 4.17. The summed E-state index contributed by atoms with van der Waals surface area (Å²) in [6.45, 7) is 2.42. The molecular weight excluding hydrogens is 264 g/mol. The summed E-state index contributed by atoms with van der Waals surface area (Å²) in [5.74, 6) is -0.311. The van der Waals surface area contributed by atoms with Gasteiger partial charge in [0.2, 0.25) is 0 Å². The van der Waals surface area contributed by atoms with Gasteiger partial charge in [0.05, 0.1) is 10.6 Å². The highest BCUT2D eigenvalue weighted by atomic mass is 35.5. The maximum atomic E-state index is 13.4. The molecule has 0 radical (unpaired) electrons. The van der Waals surface area contributed by atoms with Gasteiger partial charge in [0, 0.05) is 12.4 Å². The summed E-state index contributed by atoms with van der Waals surface area (Å²) in [7, 11) is 0. The molecular formula is C12H14Cl2FNO. The summed E-state index contributed by atoms with van der Waals surface area (Å²) in [6, 6.07) is 4.16. The number of hydrogen-bond donors (Lipinski definition) is 1. The van der Waals surface area contributed by atoms with Crippen LogP contribution in [-0.2, 0) is 0 Å². The molecule has 94 valence electrons. The summed E-state index contributed by atoms with van der Waals surface area (Å²) >= 11 is 11.4. The quantitative estimate of drug-likeness (QED) is 0.821. The molecule has 0 aliphatic carbocycles. The van der Waals surface area contributed by atoms with Crippen molar-refractivity contribution in [3.8, 4) is 0 Å². The van der Waals surface area contributed by atoms with Gasteiger partial charge >= 0.3 is 0 Å². The topological polar surface area (TPSA) is 29.1 Å². The van der Waals surface area contributed by atoms with E-state index in [-0.39, 0.29) is 16.5 Å². The van der Waals surface area contributed by atoms with E-state index in [1.807, 2.05) is 6.92 Å². The van der Waals surface area contributed by atoms with Gasteiger partial charge in [0.25, 0.3) is 5.91 Å². The van der Waals surface area contributed by atoms with Crippen molar-refractivity contribution in [1.29, 1.82) is 0 Å². The molecule has 0 saturated heterocycles. The fraction of sp³-hybridized carbons (Fsp3) is 0.417.